The Morgan fingerprint density at radius 1 is 1.42 bits per heavy atom. The first-order valence-electron chi connectivity index (χ1n) is 4.62. The average Bonchev–Trinajstić information content (AvgIpc) is 2.07. The van der Waals surface area contributed by atoms with Crippen molar-refractivity contribution >= 4 is 29.2 Å². The third kappa shape index (κ3) is 3.10. The zero-order chi connectivity index (χ0) is 8.97. The van der Waals surface area contributed by atoms with Crippen molar-refractivity contribution in [3.05, 3.63) is 0 Å². The van der Waals surface area contributed by atoms with E-state index >= 15 is 0 Å². The van der Waals surface area contributed by atoms with Crippen molar-refractivity contribution in [3.63, 3.8) is 0 Å². The summed E-state index contributed by atoms with van der Waals surface area (Å²) in [5, 5.41) is 0.887. The van der Waals surface area contributed by atoms with Crippen molar-refractivity contribution in [1.82, 2.24) is 4.67 Å². The molecule has 1 heterocycles. The van der Waals surface area contributed by atoms with E-state index in [0.29, 0.717) is 0 Å². The molecule has 12 heavy (non-hydrogen) atoms. The van der Waals surface area contributed by atoms with Gasteiger partial charge < -0.3 is 0 Å². The van der Waals surface area contributed by atoms with Crippen LogP contribution in [0.25, 0.3) is 0 Å². The summed E-state index contributed by atoms with van der Waals surface area (Å²) in [5.41, 5.74) is 0. The van der Waals surface area contributed by atoms with Gasteiger partial charge in [0, 0.05) is 24.1 Å². The molecule has 0 unspecified atom stereocenters. The predicted octanol–water partition coefficient (Wildman–Crippen LogP) is 3.81. The maximum absolute atomic E-state index is 2.61. The molecule has 1 saturated heterocycles. The predicted molar refractivity (Wildman–Crippen MR) is 64.0 cm³/mol. The highest BCUT2D eigenvalue weighted by atomic mass is 33.1. The van der Waals surface area contributed by atoms with Crippen LogP contribution in [0.5, 0.6) is 0 Å². The Bertz CT molecular complexity index is 130. The van der Waals surface area contributed by atoms with E-state index in [1.165, 1.54) is 25.3 Å². The Morgan fingerprint density at radius 2 is 2.08 bits per heavy atom. The lowest BCUT2D eigenvalue weighted by Crippen LogP contribution is -2.17. The van der Waals surface area contributed by atoms with Crippen molar-refractivity contribution < 1.29 is 0 Å². The van der Waals surface area contributed by atoms with Gasteiger partial charge in [0.05, 0.1) is 6.48 Å². The molecular weight excluding hydrogens is 205 g/mol. The minimum Gasteiger partial charge on any atom is -0.266 e. The van der Waals surface area contributed by atoms with E-state index in [4.69, 9.17) is 0 Å². The van der Waals surface area contributed by atoms with Crippen LogP contribution in [0.2, 0.25) is 0 Å². The molecule has 1 aliphatic heterocycles. The fourth-order valence-electron chi connectivity index (χ4n) is 1.14. The van der Waals surface area contributed by atoms with Crippen LogP contribution in [-0.2, 0) is 0 Å². The molecule has 0 amide bonds. The Labute approximate surface area is 85.3 Å². The second-order valence-corrected chi connectivity index (χ2v) is 9.81. The summed E-state index contributed by atoms with van der Waals surface area (Å²) in [6, 6.07) is 0. The molecule has 1 nitrogen and oxygen atoms in total. The van der Waals surface area contributed by atoms with E-state index in [0.717, 1.165) is 5.25 Å². The quantitative estimate of drug-likeness (QED) is 0.670. The number of rotatable bonds is 3. The van der Waals surface area contributed by atoms with Gasteiger partial charge in [-0.05, 0) is 6.42 Å². The Kier molecular flexibility index (Phi) is 5.34. The summed E-state index contributed by atoms with van der Waals surface area (Å²) < 4.78 is 2.61. The smallest absolute Gasteiger partial charge is 0.0877 e. The van der Waals surface area contributed by atoms with Crippen molar-refractivity contribution in [3.8, 4) is 0 Å². The molecule has 1 fully saturated rings. The fourth-order valence-corrected chi connectivity index (χ4v) is 10.3. The lowest BCUT2D eigenvalue weighted by Gasteiger charge is -2.33. The van der Waals surface area contributed by atoms with Crippen LogP contribution in [0, 0.1) is 0 Å². The van der Waals surface area contributed by atoms with Gasteiger partial charge in [0.1, 0.15) is 0 Å². The highest BCUT2D eigenvalue weighted by molar-refractivity contribution is 8.88. The SMILES string of the molecule is CCN(CC)[P@]1SCC[C@@H](C)S1. The van der Waals surface area contributed by atoms with E-state index in [2.05, 4.69) is 48.2 Å². The minimum absolute atomic E-state index is 0.0919. The second kappa shape index (κ2) is 5.74. The van der Waals surface area contributed by atoms with Crippen LogP contribution in [0.3, 0.4) is 0 Å². The highest BCUT2D eigenvalue weighted by Crippen LogP contribution is 2.67. The first-order chi connectivity index (χ1) is 5.77. The molecule has 0 aromatic carbocycles. The van der Waals surface area contributed by atoms with Crippen LogP contribution in [0.15, 0.2) is 0 Å². The lowest BCUT2D eigenvalue weighted by atomic mass is 10.4. The Morgan fingerprint density at radius 3 is 2.58 bits per heavy atom. The van der Waals surface area contributed by atoms with Gasteiger partial charge in [0.25, 0.3) is 0 Å². The molecule has 0 spiro atoms. The van der Waals surface area contributed by atoms with E-state index in [-0.39, 0.29) is 6.48 Å². The van der Waals surface area contributed by atoms with E-state index in [9.17, 15) is 0 Å². The van der Waals surface area contributed by atoms with Crippen molar-refractivity contribution in [2.24, 2.45) is 0 Å². The molecule has 4 heteroatoms. The van der Waals surface area contributed by atoms with Crippen LogP contribution in [0.4, 0.5) is 0 Å². The topological polar surface area (TPSA) is 3.24 Å². The first kappa shape index (κ1) is 11.2. The summed E-state index contributed by atoms with van der Waals surface area (Å²) >= 11 is 4.38. The van der Waals surface area contributed by atoms with Crippen molar-refractivity contribution in [2.45, 2.75) is 32.4 Å². The molecule has 0 aliphatic carbocycles. The standard InChI is InChI=1S/C8H18NPS2/c1-4-9(5-2)10-11-7-6-8(3)12-10/h8H,4-7H2,1-3H3/t8-,10-/m1/s1. The van der Waals surface area contributed by atoms with Gasteiger partial charge in [-0.25, -0.2) is 0 Å². The average molecular weight is 223 g/mol. The molecular formula is C8H18NPS2. The Hall–Kier alpha value is 1.09. The van der Waals surface area contributed by atoms with E-state index in [1.54, 1.807) is 0 Å². The van der Waals surface area contributed by atoms with Gasteiger partial charge in [0.2, 0.25) is 0 Å². The maximum atomic E-state index is 2.61. The number of nitrogens with zero attached hydrogens (tertiary/aromatic N) is 1. The van der Waals surface area contributed by atoms with Crippen LogP contribution < -0.4 is 0 Å². The summed E-state index contributed by atoms with van der Waals surface area (Å²) in [6.07, 6.45) is 1.40. The summed E-state index contributed by atoms with van der Waals surface area (Å²) in [7, 11) is 0. The lowest BCUT2D eigenvalue weighted by molar-refractivity contribution is 0.519. The summed E-state index contributed by atoms with van der Waals surface area (Å²) in [5.74, 6) is 1.37. The van der Waals surface area contributed by atoms with Crippen LogP contribution >= 0.6 is 29.2 Å². The molecule has 0 N–H and O–H groups in total. The van der Waals surface area contributed by atoms with Gasteiger partial charge >= 0.3 is 0 Å². The number of hydrogen-bond donors (Lipinski definition) is 0. The van der Waals surface area contributed by atoms with E-state index in [1.807, 2.05) is 0 Å². The summed E-state index contributed by atoms with van der Waals surface area (Å²) in [4.78, 5) is 0. The minimum atomic E-state index is 0.0919. The zero-order valence-corrected chi connectivity index (χ0v) is 10.6. The zero-order valence-electron chi connectivity index (χ0n) is 8.12. The summed E-state index contributed by atoms with van der Waals surface area (Å²) in [6.45, 7) is 9.43. The largest absolute Gasteiger partial charge is 0.266 e. The van der Waals surface area contributed by atoms with Gasteiger partial charge in [-0.3, -0.25) is 4.67 Å². The van der Waals surface area contributed by atoms with Crippen LogP contribution in [0.1, 0.15) is 27.2 Å². The third-order valence-electron chi connectivity index (χ3n) is 1.96. The van der Waals surface area contributed by atoms with Gasteiger partial charge in [-0.1, -0.05) is 20.8 Å². The molecule has 1 aliphatic rings. The molecule has 0 radical (unpaired) electrons. The molecule has 1 rings (SSSR count). The molecule has 0 aromatic rings. The molecule has 2 atom stereocenters. The highest BCUT2D eigenvalue weighted by Gasteiger charge is 2.24. The van der Waals surface area contributed by atoms with Crippen molar-refractivity contribution in [2.75, 3.05) is 18.8 Å². The molecule has 0 aromatic heterocycles. The van der Waals surface area contributed by atoms with E-state index < -0.39 is 0 Å². The third-order valence-corrected chi connectivity index (χ3v) is 10.3. The maximum Gasteiger partial charge on any atom is 0.0877 e. The van der Waals surface area contributed by atoms with Crippen molar-refractivity contribution in [1.29, 1.82) is 0 Å². The fraction of sp³-hybridized carbons (Fsp3) is 1.00. The van der Waals surface area contributed by atoms with Gasteiger partial charge in [0.15, 0.2) is 0 Å². The first-order valence-corrected chi connectivity index (χ1v) is 8.99. The second-order valence-electron chi connectivity index (χ2n) is 2.91. The normalized spacial score (nSPS) is 31.0. The number of hydrogen-bond acceptors (Lipinski definition) is 3. The molecule has 72 valence electrons. The monoisotopic (exact) mass is 223 g/mol. The molecule has 0 saturated carbocycles. The van der Waals surface area contributed by atoms with Crippen LogP contribution in [-0.4, -0.2) is 28.8 Å². The molecule has 0 bridgehead atoms. The van der Waals surface area contributed by atoms with Gasteiger partial charge in [-0.15, -0.1) is 22.8 Å². The van der Waals surface area contributed by atoms with Gasteiger partial charge in [-0.2, -0.15) is 0 Å². The Balaban J connectivity index is 2.38.